The molecule has 0 unspecified atom stereocenters. The fourth-order valence-corrected chi connectivity index (χ4v) is 3.97. The molecule has 0 saturated carbocycles. The SMILES string of the molecule is O=C(CCC1CCN(Cc2cc3ccccc3[nH]2)CC1)Nc1ccccc1. The molecule has 0 atom stereocenters. The van der Waals surface area contributed by atoms with Gasteiger partial charge in [0.15, 0.2) is 0 Å². The summed E-state index contributed by atoms with van der Waals surface area (Å²) in [6.45, 7) is 3.20. The number of aromatic amines is 1. The number of nitrogens with one attached hydrogen (secondary N) is 2. The summed E-state index contributed by atoms with van der Waals surface area (Å²) in [7, 11) is 0. The summed E-state index contributed by atoms with van der Waals surface area (Å²) in [6.07, 6.45) is 3.96. The zero-order valence-electron chi connectivity index (χ0n) is 15.7. The van der Waals surface area contributed by atoms with Crippen LogP contribution in [0.5, 0.6) is 0 Å². The van der Waals surface area contributed by atoms with Crippen molar-refractivity contribution in [3.8, 4) is 0 Å². The van der Waals surface area contributed by atoms with E-state index in [1.807, 2.05) is 30.3 Å². The molecule has 27 heavy (non-hydrogen) atoms. The second kappa shape index (κ2) is 8.40. The van der Waals surface area contributed by atoms with Gasteiger partial charge in [0.25, 0.3) is 0 Å². The van der Waals surface area contributed by atoms with Gasteiger partial charge in [-0.2, -0.15) is 0 Å². The lowest BCUT2D eigenvalue weighted by atomic mass is 9.92. The Morgan fingerprint density at radius 1 is 1.04 bits per heavy atom. The Balaban J connectivity index is 1.20. The molecule has 1 aromatic heterocycles. The van der Waals surface area contributed by atoms with Crippen LogP contribution in [0.2, 0.25) is 0 Å². The van der Waals surface area contributed by atoms with Crippen LogP contribution in [0.4, 0.5) is 5.69 Å². The maximum Gasteiger partial charge on any atom is 0.224 e. The molecule has 3 aromatic rings. The molecule has 1 amide bonds. The first-order valence-corrected chi connectivity index (χ1v) is 9.90. The summed E-state index contributed by atoms with van der Waals surface area (Å²) in [6, 6.07) is 20.4. The van der Waals surface area contributed by atoms with E-state index in [2.05, 4.69) is 45.5 Å². The van der Waals surface area contributed by atoms with E-state index in [0.29, 0.717) is 12.3 Å². The Hall–Kier alpha value is -2.59. The number of anilines is 1. The molecule has 0 bridgehead atoms. The van der Waals surface area contributed by atoms with Crippen molar-refractivity contribution in [3.05, 3.63) is 66.4 Å². The minimum absolute atomic E-state index is 0.127. The molecular formula is C23H27N3O. The van der Waals surface area contributed by atoms with Crippen molar-refractivity contribution in [2.45, 2.75) is 32.2 Å². The number of aromatic nitrogens is 1. The van der Waals surface area contributed by atoms with Crippen LogP contribution in [0.15, 0.2) is 60.7 Å². The molecule has 1 aliphatic rings. The number of carbonyl (C=O) groups is 1. The molecule has 0 spiro atoms. The number of likely N-dealkylation sites (tertiary alicyclic amines) is 1. The number of hydrogen-bond acceptors (Lipinski definition) is 2. The molecule has 2 heterocycles. The highest BCUT2D eigenvalue weighted by atomic mass is 16.1. The van der Waals surface area contributed by atoms with Gasteiger partial charge in [0, 0.05) is 29.9 Å². The van der Waals surface area contributed by atoms with E-state index >= 15 is 0 Å². The number of fused-ring (bicyclic) bond motifs is 1. The summed E-state index contributed by atoms with van der Waals surface area (Å²) in [4.78, 5) is 18.2. The second-order valence-corrected chi connectivity index (χ2v) is 7.55. The number of H-pyrrole nitrogens is 1. The smallest absolute Gasteiger partial charge is 0.224 e. The molecule has 2 aromatic carbocycles. The molecule has 2 N–H and O–H groups in total. The normalized spacial score (nSPS) is 15.9. The Bertz CT molecular complexity index is 846. The van der Waals surface area contributed by atoms with Gasteiger partial charge in [-0.15, -0.1) is 0 Å². The van der Waals surface area contributed by atoms with Gasteiger partial charge in [-0.05, 0) is 67.9 Å². The van der Waals surface area contributed by atoms with Gasteiger partial charge >= 0.3 is 0 Å². The van der Waals surface area contributed by atoms with E-state index in [9.17, 15) is 4.79 Å². The van der Waals surface area contributed by atoms with Crippen molar-refractivity contribution < 1.29 is 4.79 Å². The quantitative estimate of drug-likeness (QED) is 0.662. The molecule has 4 heteroatoms. The second-order valence-electron chi connectivity index (χ2n) is 7.55. The first-order chi connectivity index (χ1) is 13.3. The topological polar surface area (TPSA) is 48.1 Å². The first-order valence-electron chi connectivity index (χ1n) is 9.90. The van der Waals surface area contributed by atoms with E-state index in [1.165, 1.54) is 29.4 Å². The fraction of sp³-hybridized carbons (Fsp3) is 0.348. The Kier molecular flexibility index (Phi) is 5.54. The first kappa shape index (κ1) is 17.8. The Morgan fingerprint density at radius 3 is 2.56 bits per heavy atom. The van der Waals surface area contributed by atoms with Gasteiger partial charge in [0.1, 0.15) is 0 Å². The summed E-state index contributed by atoms with van der Waals surface area (Å²) in [5.74, 6) is 0.784. The third kappa shape index (κ3) is 4.77. The number of hydrogen-bond donors (Lipinski definition) is 2. The highest BCUT2D eigenvalue weighted by molar-refractivity contribution is 5.90. The summed E-state index contributed by atoms with van der Waals surface area (Å²) < 4.78 is 0. The van der Waals surface area contributed by atoms with Gasteiger partial charge in [-0.3, -0.25) is 9.69 Å². The van der Waals surface area contributed by atoms with Gasteiger partial charge in [-0.1, -0.05) is 36.4 Å². The number of nitrogens with zero attached hydrogens (tertiary/aromatic N) is 1. The van der Waals surface area contributed by atoms with Gasteiger partial charge < -0.3 is 10.3 Å². The highest BCUT2D eigenvalue weighted by Gasteiger charge is 2.20. The van der Waals surface area contributed by atoms with E-state index < -0.39 is 0 Å². The molecule has 1 saturated heterocycles. The van der Waals surface area contributed by atoms with Crippen LogP contribution in [-0.2, 0) is 11.3 Å². The lowest BCUT2D eigenvalue weighted by Gasteiger charge is -2.31. The minimum Gasteiger partial charge on any atom is -0.357 e. The molecular weight excluding hydrogens is 334 g/mol. The van der Waals surface area contributed by atoms with Crippen molar-refractivity contribution in [2.75, 3.05) is 18.4 Å². The van der Waals surface area contributed by atoms with Gasteiger partial charge in [0.05, 0.1) is 0 Å². The molecule has 0 radical (unpaired) electrons. The highest BCUT2D eigenvalue weighted by Crippen LogP contribution is 2.24. The number of benzene rings is 2. The summed E-state index contributed by atoms with van der Waals surface area (Å²) in [5, 5.41) is 4.27. The molecule has 4 nitrogen and oxygen atoms in total. The minimum atomic E-state index is 0.127. The van der Waals surface area contributed by atoms with Gasteiger partial charge in [-0.25, -0.2) is 0 Å². The predicted octanol–water partition coefficient (Wildman–Crippen LogP) is 4.80. The van der Waals surface area contributed by atoms with Gasteiger partial charge in [0.2, 0.25) is 5.91 Å². The van der Waals surface area contributed by atoms with Crippen molar-refractivity contribution in [1.29, 1.82) is 0 Å². The Labute approximate surface area is 160 Å². The van der Waals surface area contributed by atoms with E-state index in [0.717, 1.165) is 31.7 Å². The molecule has 1 aliphatic heterocycles. The third-order valence-corrected chi connectivity index (χ3v) is 5.52. The maximum atomic E-state index is 12.1. The number of rotatable bonds is 6. The largest absolute Gasteiger partial charge is 0.357 e. The standard InChI is InChI=1S/C23H27N3O/c27-23(25-20-7-2-1-3-8-20)11-10-18-12-14-26(15-13-18)17-21-16-19-6-4-5-9-22(19)24-21/h1-9,16,18,24H,10-15,17H2,(H,25,27). The zero-order valence-corrected chi connectivity index (χ0v) is 15.7. The lowest BCUT2D eigenvalue weighted by molar-refractivity contribution is -0.116. The van der Waals surface area contributed by atoms with Crippen molar-refractivity contribution >= 4 is 22.5 Å². The summed E-state index contributed by atoms with van der Waals surface area (Å²) in [5.41, 5.74) is 3.39. The number of para-hydroxylation sites is 2. The average molecular weight is 361 g/mol. The predicted molar refractivity (Wildman–Crippen MR) is 111 cm³/mol. The van der Waals surface area contributed by atoms with E-state index in [1.54, 1.807) is 0 Å². The maximum absolute atomic E-state index is 12.1. The van der Waals surface area contributed by atoms with E-state index in [-0.39, 0.29) is 5.91 Å². The molecule has 1 fully saturated rings. The van der Waals surface area contributed by atoms with Crippen LogP contribution < -0.4 is 5.32 Å². The zero-order chi connectivity index (χ0) is 18.5. The Morgan fingerprint density at radius 2 is 1.78 bits per heavy atom. The van der Waals surface area contributed by atoms with Crippen LogP contribution in [0.3, 0.4) is 0 Å². The lowest BCUT2D eigenvalue weighted by Crippen LogP contribution is -2.33. The van der Waals surface area contributed by atoms with Crippen LogP contribution in [0, 0.1) is 5.92 Å². The van der Waals surface area contributed by atoms with Crippen LogP contribution in [-0.4, -0.2) is 28.9 Å². The molecule has 140 valence electrons. The summed E-state index contributed by atoms with van der Waals surface area (Å²) >= 11 is 0. The molecule has 0 aliphatic carbocycles. The van der Waals surface area contributed by atoms with Crippen LogP contribution >= 0.6 is 0 Å². The molecule has 4 rings (SSSR count). The number of carbonyl (C=O) groups excluding carboxylic acids is 1. The van der Waals surface area contributed by atoms with Crippen molar-refractivity contribution in [3.63, 3.8) is 0 Å². The van der Waals surface area contributed by atoms with Crippen molar-refractivity contribution in [2.24, 2.45) is 5.92 Å². The van der Waals surface area contributed by atoms with Crippen LogP contribution in [0.1, 0.15) is 31.4 Å². The van der Waals surface area contributed by atoms with E-state index in [4.69, 9.17) is 0 Å². The average Bonchev–Trinajstić information content (AvgIpc) is 3.10. The monoisotopic (exact) mass is 361 g/mol. The fourth-order valence-electron chi connectivity index (χ4n) is 3.97. The van der Waals surface area contributed by atoms with Crippen molar-refractivity contribution in [1.82, 2.24) is 9.88 Å². The number of amides is 1. The third-order valence-electron chi connectivity index (χ3n) is 5.52. The number of piperidine rings is 1. The van der Waals surface area contributed by atoms with Crippen LogP contribution in [0.25, 0.3) is 10.9 Å².